The normalized spacial score (nSPS) is 17.8. The Bertz CT molecular complexity index is 940. The standard InChI is InChI=1S/C18H16F2N4O/c19-13-6-7-15(20)14(10-13)18(25)23-8-3-4-12(11-23)17-22-21-16-5-1-2-9-24(16)17/h1-2,5-7,9-10,12H,3-4,8,11H2. The molecule has 1 aliphatic heterocycles. The molecule has 128 valence electrons. The van der Waals surface area contributed by atoms with Crippen molar-refractivity contribution < 1.29 is 13.6 Å². The molecule has 7 heteroatoms. The maximum absolute atomic E-state index is 13.9. The third-order valence-corrected chi connectivity index (χ3v) is 4.57. The van der Waals surface area contributed by atoms with Crippen molar-refractivity contribution in [1.82, 2.24) is 19.5 Å². The molecule has 5 nitrogen and oxygen atoms in total. The molecule has 2 aromatic heterocycles. The Kier molecular flexibility index (Phi) is 3.91. The van der Waals surface area contributed by atoms with Crippen LogP contribution in [-0.2, 0) is 0 Å². The lowest BCUT2D eigenvalue weighted by molar-refractivity contribution is 0.0699. The summed E-state index contributed by atoms with van der Waals surface area (Å²) in [6, 6.07) is 8.59. The highest BCUT2D eigenvalue weighted by atomic mass is 19.1. The van der Waals surface area contributed by atoms with Crippen LogP contribution in [0.15, 0.2) is 42.6 Å². The van der Waals surface area contributed by atoms with Crippen molar-refractivity contribution in [2.75, 3.05) is 13.1 Å². The maximum atomic E-state index is 13.9. The fraction of sp³-hybridized carbons (Fsp3) is 0.278. The number of rotatable bonds is 2. The smallest absolute Gasteiger partial charge is 0.256 e. The molecule has 1 amide bonds. The van der Waals surface area contributed by atoms with Crippen molar-refractivity contribution in [2.45, 2.75) is 18.8 Å². The number of piperidine rings is 1. The Morgan fingerprint density at radius 3 is 2.92 bits per heavy atom. The zero-order chi connectivity index (χ0) is 17.4. The quantitative estimate of drug-likeness (QED) is 0.719. The average molecular weight is 342 g/mol. The van der Waals surface area contributed by atoms with Gasteiger partial charge in [0.25, 0.3) is 5.91 Å². The van der Waals surface area contributed by atoms with Crippen molar-refractivity contribution in [3.05, 3.63) is 65.6 Å². The lowest BCUT2D eigenvalue weighted by atomic mass is 9.96. The van der Waals surface area contributed by atoms with Crippen LogP contribution in [0, 0.1) is 11.6 Å². The topological polar surface area (TPSA) is 50.5 Å². The molecule has 0 radical (unpaired) electrons. The highest BCUT2D eigenvalue weighted by Gasteiger charge is 2.29. The van der Waals surface area contributed by atoms with Gasteiger partial charge in [-0.2, -0.15) is 0 Å². The monoisotopic (exact) mass is 342 g/mol. The zero-order valence-corrected chi connectivity index (χ0v) is 13.4. The summed E-state index contributed by atoms with van der Waals surface area (Å²) >= 11 is 0. The van der Waals surface area contributed by atoms with Crippen LogP contribution >= 0.6 is 0 Å². The number of halogens is 2. The van der Waals surface area contributed by atoms with E-state index < -0.39 is 17.5 Å². The fourth-order valence-corrected chi connectivity index (χ4v) is 3.34. The van der Waals surface area contributed by atoms with Gasteiger partial charge in [-0.25, -0.2) is 8.78 Å². The lowest BCUT2D eigenvalue weighted by Gasteiger charge is -2.32. The average Bonchev–Trinajstić information content (AvgIpc) is 3.07. The number of carbonyl (C=O) groups excluding carboxylic acids is 1. The molecule has 1 aliphatic rings. The Labute approximate surface area is 142 Å². The molecular weight excluding hydrogens is 326 g/mol. The number of aromatic nitrogens is 3. The number of amides is 1. The van der Waals surface area contributed by atoms with Crippen molar-refractivity contribution in [3.63, 3.8) is 0 Å². The molecule has 4 rings (SSSR count). The molecule has 0 saturated carbocycles. The molecule has 25 heavy (non-hydrogen) atoms. The number of hydrogen-bond donors (Lipinski definition) is 0. The van der Waals surface area contributed by atoms with Gasteiger partial charge in [-0.05, 0) is 43.2 Å². The molecule has 1 fully saturated rings. The van der Waals surface area contributed by atoms with Crippen molar-refractivity contribution in [2.24, 2.45) is 0 Å². The minimum atomic E-state index is -0.707. The van der Waals surface area contributed by atoms with E-state index in [1.54, 1.807) is 4.90 Å². The summed E-state index contributed by atoms with van der Waals surface area (Å²) in [4.78, 5) is 14.2. The predicted octanol–water partition coefficient (Wildman–Crippen LogP) is 3.03. The Morgan fingerprint density at radius 2 is 2.04 bits per heavy atom. The van der Waals surface area contributed by atoms with Crippen LogP contribution in [0.25, 0.3) is 5.65 Å². The van der Waals surface area contributed by atoms with Crippen LogP contribution < -0.4 is 0 Å². The van der Waals surface area contributed by atoms with Crippen LogP contribution in [0.5, 0.6) is 0 Å². The second kappa shape index (κ2) is 6.23. The lowest BCUT2D eigenvalue weighted by Crippen LogP contribution is -2.40. The minimum absolute atomic E-state index is 0.00622. The van der Waals surface area contributed by atoms with Gasteiger partial charge in [0.1, 0.15) is 17.5 Å². The minimum Gasteiger partial charge on any atom is -0.338 e. The molecule has 1 saturated heterocycles. The Balaban J connectivity index is 1.61. The predicted molar refractivity (Wildman–Crippen MR) is 87.2 cm³/mol. The fourth-order valence-electron chi connectivity index (χ4n) is 3.34. The van der Waals surface area contributed by atoms with Gasteiger partial charge in [0.2, 0.25) is 0 Å². The number of nitrogens with zero attached hydrogens (tertiary/aromatic N) is 4. The summed E-state index contributed by atoms with van der Waals surface area (Å²) < 4.78 is 29.2. The molecule has 1 atom stereocenters. The molecule has 1 aromatic carbocycles. The molecular formula is C18H16F2N4O. The van der Waals surface area contributed by atoms with Crippen molar-refractivity contribution in [3.8, 4) is 0 Å². The first-order chi connectivity index (χ1) is 12.1. The van der Waals surface area contributed by atoms with E-state index in [0.29, 0.717) is 13.1 Å². The number of hydrogen-bond acceptors (Lipinski definition) is 3. The van der Waals surface area contributed by atoms with Crippen LogP contribution in [0.3, 0.4) is 0 Å². The van der Waals surface area contributed by atoms with Crippen LogP contribution in [0.2, 0.25) is 0 Å². The Hall–Kier alpha value is -2.83. The van der Waals surface area contributed by atoms with E-state index in [1.165, 1.54) is 0 Å². The van der Waals surface area contributed by atoms with Gasteiger partial charge in [-0.15, -0.1) is 10.2 Å². The first kappa shape index (κ1) is 15.7. The third kappa shape index (κ3) is 2.86. The number of carbonyl (C=O) groups is 1. The van der Waals surface area contributed by atoms with E-state index in [0.717, 1.165) is 42.5 Å². The second-order valence-corrected chi connectivity index (χ2v) is 6.20. The summed E-state index contributed by atoms with van der Waals surface area (Å²) in [5, 5.41) is 8.41. The molecule has 0 aliphatic carbocycles. The molecule has 3 heterocycles. The molecule has 3 aromatic rings. The van der Waals surface area contributed by atoms with Crippen molar-refractivity contribution >= 4 is 11.6 Å². The van der Waals surface area contributed by atoms with Gasteiger partial charge in [-0.3, -0.25) is 9.20 Å². The van der Waals surface area contributed by atoms with E-state index >= 15 is 0 Å². The van der Waals surface area contributed by atoms with Gasteiger partial charge in [0.15, 0.2) is 5.65 Å². The van der Waals surface area contributed by atoms with Gasteiger partial charge in [0.05, 0.1) is 5.56 Å². The number of benzene rings is 1. The first-order valence-electron chi connectivity index (χ1n) is 8.17. The van der Waals surface area contributed by atoms with Crippen molar-refractivity contribution in [1.29, 1.82) is 0 Å². The van der Waals surface area contributed by atoms with Crippen LogP contribution in [0.1, 0.15) is 34.9 Å². The largest absolute Gasteiger partial charge is 0.338 e. The first-order valence-corrected chi connectivity index (χ1v) is 8.17. The van der Waals surface area contributed by atoms with Gasteiger partial charge < -0.3 is 4.90 Å². The number of pyridine rings is 1. The maximum Gasteiger partial charge on any atom is 0.256 e. The van der Waals surface area contributed by atoms with E-state index in [4.69, 9.17) is 0 Å². The summed E-state index contributed by atoms with van der Waals surface area (Å²) in [6.07, 6.45) is 3.53. The summed E-state index contributed by atoms with van der Waals surface area (Å²) in [5.41, 5.74) is 0.517. The van der Waals surface area contributed by atoms with Gasteiger partial charge in [0, 0.05) is 25.2 Å². The van der Waals surface area contributed by atoms with E-state index in [9.17, 15) is 13.6 Å². The molecule has 0 spiro atoms. The SMILES string of the molecule is O=C(c1cc(F)ccc1F)N1CCCC(c2nnc3ccccn23)C1. The van der Waals surface area contributed by atoms with Crippen LogP contribution in [0.4, 0.5) is 8.78 Å². The Morgan fingerprint density at radius 1 is 1.16 bits per heavy atom. The summed E-state index contributed by atoms with van der Waals surface area (Å²) in [7, 11) is 0. The summed E-state index contributed by atoms with van der Waals surface area (Å²) in [6.45, 7) is 0.923. The zero-order valence-electron chi connectivity index (χ0n) is 13.4. The molecule has 0 N–H and O–H groups in total. The van der Waals surface area contributed by atoms with E-state index in [2.05, 4.69) is 10.2 Å². The van der Waals surface area contributed by atoms with Gasteiger partial charge >= 0.3 is 0 Å². The van der Waals surface area contributed by atoms with Gasteiger partial charge in [-0.1, -0.05) is 6.07 Å². The number of fused-ring (bicyclic) bond motifs is 1. The molecule has 0 bridgehead atoms. The third-order valence-electron chi connectivity index (χ3n) is 4.57. The highest BCUT2D eigenvalue weighted by Crippen LogP contribution is 2.27. The highest BCUT2D eigenvalue weighted by molar-refractivity contribution is 5.94. The van der Waals surface area contributed by atoms with E-state index in [-0.39, 0.29) is 11.5 Å². The van der Waals surface area contributed by atoms with E-state index in [1.807, 2.05) is 28.8 Å². The number of likely N-dealkylation sites (tertiary alicyclic amines) is 1. The summed E-state index contributed by atoms with van der Waals surface area (Å²) in [5.74, 6) is -1.03. The second-order valence-electron chi connectivity index (χ2n) is 6.20. The van der Waals surface area contributed by atoms with Crippen LogP contribution in [-0.4, -0.2) is 38.5 Å². The molecule has 1 unspecified atom stereocenters.